The van der Waals surface area contributed by atoms with E-state index in [0.29, 0.717) is 12.6 Å². The Morgan fingerprint density at radius 1 is 1.62 bits per heavy atom. The quantitative estimate of drug-likeness (QED) is 0.810. The molecule has 2 rings (SSSR count). The normalized spacial score (nSPS) is 23.2. The van der Waals surface area contributed by atoms with E-state index in [1.54, 1.807) is 6.26 Å². The van der Waals surface area contributed by atoms with Gasteiger partial charge in [0.1, 0.15) is 6.26 Å². The molecule has 1 fully saturated rings. The van der Waals surface area contributed by atoms with Crippen LogP contribution in [0.25, 0.3) is 0 Å². The first-order valence-corrected chi connectivity index (χ1v) is 6.17. The van der Waals surface area contributed by atoms with E-state index >= 15 is 0 Å². The number of aromatic nitrogens is 1. The predicted molar refractivity (Wildman–Crippen MR) is 63.3 cm³/mol. The van der Waals surface area contributed by atoms with E-state index in [4.69, 9.17) is 10.2 Å². The van der Waals surface area contributed by atoms with Crippen LogP contribution in [0.15, 0.2) is 10.7 Å². The molecular formula is C12H21N3O. The lowest BCUT2D eigenvalue weighted by Crippen LogP contribution is -2.35. The Balaban J connectivity index is 1.91. The molecule has 4 nitrogen and oxygen atoms in total. The van der Waals surface area contributed by atoms with Crippen LogP contribution in [0.3, 0.4) is 0 Å². The van der Waals surface area contributed by atoms with Gasteiger partial charge in [0.2, 0.25) is 0 Å². The minimum atomic E-state index is 0.289. The van der Waals surface area contributed by atoms with E-state index < -0.39 is 0 Å². The number of nitrogens with zero attached hydrogens (tertiary/aromatic N) is 1. The second kappa shape index (κ2) is 5.46. The number of nitrogens with one attached hydrogen (secondary N) is 1. The van der Waals surface area contributed by atoms with Gasteiger partial charge in [0.25, 0.3) is 0 Å². The highest BCUT2D eigenvalue weighted by atomic mass is 16.3. The van der Waals surface area contributed by atoms with E-state index in [1.807, 2.05) is 0 Å². The summed E-state index contributed by atoms with van der Waals surface area (Å²) in [5.74, 6) is 1.13. The maximum absolute atomic E-state index is 5.60. The Morgan fingerprint density at radius 3 is 3.19 bits per heavy atom. The van der Waals surface area contributed by atoms with Crippen molar-refractivity contribution in [2.75, 3.05) is 13.1 Å². The smallest absolute Gasteiger partial charge is 0.195 e. The van der Waals surface area contributed by atoms with Crippen molar-refractivity contribution in [1.82, 2.24) is 10.3 Å². The molecule has 0 aliphatic carbocycles. The van der Waals surface area contributed by atoms with E-state index in [0.717, 1.165) is 24.6 Å². The van der Waals surface area contributed by atoms with Crippen LogP contribution in [0, 0.1) is 0 Å². The maximum atomic E-state index is 5.60. The summed E-state index contributed by atoms with van der Waals surface area (Å²) < 4.78 is 5.48. The molecular weight excluding hydrogens is 202 g/mol. The van der Waals surface area contributed by atoms with Crippen LogP contribution in [0.4, 0.5) is 0 Å². The predicted octanol–water partition coefficient (Wildman–Crippen LogP) is 1.42. The number of piperidine rings is 1. The fourth-order valence-corrected chi connectivity index (χ4v) is 2.07. The molecule has 16 heavy (non-hydrogen) atoms. The third kappa shape index (κ3) is 2.83. The van der Waals surface area contributed by atoms with Crippen molar-refractivity contribution in [3.63, 3.8) is 0 Å². The standard InChI is InChI=1S/C12H21N3O/c1-9(7-13)11-8-16-12(15-11)6-10-4-2-3-5-14-10/h8-10,14H,2-7,13H2,1H3. The number of nitrogens with two attached hydrogens (primary N) is 1. The molecule has 0 saturated carbocycles. The monoisotopic (exact) mass is 223 g/mol. The van der Waals surface area contributed by atoms with Gasteiger partial charge in [-0.1, -0.05) is 13.3 Å². The average molecular weight is 223 g/mol. The summed E-state index contributed by atoms with van der Waals surface area (Å²) >= 11 is 0. The molecule has 1 aromatic heterocycles. The highest BCUT2D eigenvalue weighted by Crippen LogP contribution is 2.16. The van der Waals surface area contributed by atoms with Gasteiger partial charge in [-0.15, -0.1) is 0 Å². The SMILES string of the molecule is CC(CN)c1coc(CC2CCCCN2)n1. The summed E-state index contributed by atoms with van der Waals surface area (Å²) in [6, 6.07) is 0.536. The highest BCUT2D eigenvalue weighted by Gasteiger charge is 2.17. The number of hydrogen-bond acceptors (Lipinski definition) is 4. The zero-order valence-corrected chi connectivity index (χ0v) is 9.91. The number of oxazole rings is 1. The van der Waals surface area contributed by atoms with Crippen molar-refractivity contribution in [1.29, 1.82) is 0 Å². The number of hydrogen-bond donors (Lipinski definition) is 2. The molecule has 1 aliphatic rings. The Labute approximate surface area is 96.6 Å². The first-order valence-electron chi connectivity index (χ1n) is 6.17. The molecule has 1 saturated heterocycles. The van der Waals surface area contributed by atoms with Crippen molar-refractivity contribution in [3.8, 4) is 0 Å². The van der Waals surface area contributed by atoms with Gasteiger partial charge in [-0.3, -0.25) is 0 Å². The summed E-state index contributed by atoms with van der Waals surface area (Å²) in [7, 11) is 0. The van der Waals surface area contributed by atoms with Crippen LogP contribution in [0.5, 0.6) is 0 Å². The zero-order valence-electron chi connectivity index (χ0n) is 9.91. The molecule has 1 aromatic rings. The Hall–Kier alpha value is -0.870. The average Bonchev–Trinajstić information content (AvgIpc) is 2.78. The first-order chi connectivity index (χ1) is 7.79. The zero-order chi connectivity index (χ0) is 11.4. The molecule has 0 amide bonds. The van der Waals surface area contributed by atoms with Gasteiger partial charge in [0.05, 0.1) is 5.69 Å². The third-order valence-corrected chi connectivity index (χ3v) is 3.26. The fourth-order valence-electron chi connectivity index (χ4n) is 2.07. The van der Waals surface area contributed by atoms with Crippen molar-refractivity contribution in [2.24, 2.45) is 5.73 Å². The lowest BCUT2D eigenvalue weighted by Gasteiger charge is -2.21. The van der Waals surface area contributed by atoms with Crippen molar-refractivity contribution in [3.05, 3.63) is 17.8 Å². The Morgan fingerprint density at radius 2 is 2.50 bits per heavy atom. The van der Waals surface area contributed by atoms with Crippen molar-refractivity contribution in [2.45, 2.75) is 44.6 Å². The van der Waals surface area contributed by atoms with E-state index in [9.17, 15) is 0 Å². The van der Waals surface area contributed by atoms with Gasteiger partial charge in [-0.2, -0.15) is 0 Å². The molecule has 2 unspecified atom stereocenters. The number of rotatable bonds is 4. The summed E-state index contributed by atoms with van der Waals surface area (Å²) in [5.41, 5.74) is 6.58. The second-order valence-corrected chi connectivity index (χ2v) is 4.65. The highest BCUT2D eigenvalue weighted by molar-refractivity contribution is 5.04. The van der Waals surface area contributed by atoms with E-state index in [1.165, 1.54) is 19.3 Å². The van der Waals surface area contributed by atoms with Gasteiger partial charge >= 0.3 is 0 Å². The van der Waals surface area contributed by atoms with E-state index in [-0.39, 0.29) is 5.92 Å². The molecule has 0 spiro atoms. The summed E-state index contributed by atoms with van der Waals surface area (Å²) in [4.78, 5) is 4.49. The first kappa shape index (κ1) is 11.6. The minimum absolute atomic E-state index is 0.289. The van der Waals surface area contributed by atoms with Crippen molar-refractivity contribution < 1.29 is 4.42 Å². The van der Waals surface area contributed by atoms with Crippen LogP contribution in [-0.2, 0) is 6.42 Å². The fraction of sp³-hybridized carbons (Fsp3) is 0.750. The largest absolute Gasteiger partial charge is 0.449 e. The Bertz CT molecular complexity index is 318. The lowest BCUT2D eigenvalue weighted by atomic mass is 10.0. The van der Waals surface area contributed by atoms with Crippen LogP contribution in [0.1, 0.15) is 43.7 Å². The summed E-state index contributed by atoms with van der Waals surface area (Å²) in [5, 5.41) is 3.50. The molecule has 0 aromatic carbocycles. The Kier molecular flexibility index (Phi) is 3.96. The van der Waals surface area contributed by atoms with Gasteiger partial charge in [-0.05, 0) is 19.4 Å². The third-order valence-electron chi connectivity index (χ3n) is 3.26. The lowest BCUT2D eigenvalue weighted by molar-refractivity contribution is 0.367. The van der Waals surface area contributed by atoms with E-state index in [2.05, 4.69) is 17.2 Å². The van der Waals surface area contributed by atoms with Crippen LogP contribution in [0.2, 0.25) is 0 Å². The second-order valence-electron chi connectivity index (χ2n) is 4.65. The van der Waals surface area contributed by atoms with Gasteiger partial charge in [-0.25, -0.2) is 4.98 Å². The van der Waals surface area contributed by atoms with Crippen molar-refractivity contribution >= 4 is 0 Å². The molecule has 4 heteroatoms. The molecule has 0 bridgehead atoms. The molecule has 2 atom stereocenters. The molecule has 2 heterocycles. The molecule has 90 valence electrons. The van der Waals surface area contributed by atoms with Crippen LogP contribution >= 0.6 is 0 Å². The topological polar surface area (TPSA) is 64.1 Å². The van der Waals surface area contributed by atoms with Crippen LogP contribution in [-0.4, -0.2) is 24.1 Å². The molecule has 3 N–H and O–H groups in total. The van der Waals surface area contributed by atoms with Crippen LogP contribution < -0.4 is 11.1 Å². The van der Waals surface area contributed by atoms with Gasteiger partial charge in [0.15, 0.2) is 5.89 Å². The molecule has 0 radical (unpaired) electrons. The minimum Gasteiger partial charge on any atom is -0.449 e. The summed E-state index contributed by atoms with van der Waals surface area (Å²) in [6.45, 7) is 3.81. The molecule has 1 aliphatic heterocycles. The van der Waals surface area contributed by atoms with Gasteiger partial charge in [0, 0.05) is 24.9 Å². The van der Waals surface area contributed by atoms with Gasteiger partial charge < -0.3 is 15.5 Å². The summed E-state index contributed by atoms with van der Waals surface area (Å²) in [6.07, 6.45) is 6.47. The maximum Gasteiger partial charge on any atom is 0.195 e.